The molecule has 0 atom stereocenters. The summed E-state index contributed by atoms with van der Waals surface area (Å²) >= 11 is 0. The number of fused-ring (bicyclic) bond motifs is 8. The van der Waals surface area contributed by atoms with Gasteiger partial charge in [-0.1, -0.05) is 121 Å². The van der Waals surface area contributed by atoms with Crippen LogP contribution in [-0.4, -0.2) is 0 Å². The average molecular weight is 534 g/mol. The minimum absolute atomic E-state index is 0.0337. The minimum Gasteiger partial charge on any atom is -0.456 e. The highest BCUT2D eigenvalue weighted by atomic mass is 16.3. The zero-order valence-corrected chi connectivity index (χ0v) is 21.3. The Labute approximate surface area is 255 Å². The molecule has 1 nitrogen and oxygen atoms in total. The lowest BCUT2D eigenvalue weighted by Gasteiger charge is -2.18. The molecule has 0 aliphatic heterocycles. The van der Waals surface area contributed by atoms with Crippen molar-refractivity contribution in [1.82, 2.24) is 0 Å². The molecule has 0 fully saturated rings. The minimum atomic E-state index is -0.648. The van der Waals surface area contributed by atoms with Gasteiger partial charge >= 0.3 is 0 Å². The third-order valence-corrected chi connectivity index (χ3v) is 7.66. The van der Waals surface area contributed by atoms with Crippen LogP contribution in [0.1, 0.15) is 17.8 Å². The van der Waals surface area contributed by atoms with Gasteiger partial charge in [-0.2, -0.15) is 0 Å². The van der Waals surface area contributed by atoms with E-state index in [1.54, 1.807) is 0 Å². The summed E-state index contributed by atoms with van der Waals surface area (Å²) in [5, 5.41) is 4.14. The van der Waals surface area contributed by atoms with E-state index in [1.807, 2.05) is 66.7 Å². The van der Waals surface area contributed by atoms with Crippen molar-refractivity contribution < 1.29 is 22.2 Å². The summed E-state index contributed by atoms with van der Waals surface area (Å²) in [4.78, 5) is 0. The maximum Gasteiger partial charge on any atom is 0.136 e. The van der Waals surface area contributed by atoms with Gasteiger partial charge in [0.05, 0.1) is 17.8 Å². The molecule has 1 aromatic heterocycles. The molecular weight excluding hydrogens is 496 g/mol. The fourth-order valence-corrected chi connectivity index (χ4v) is 5.91. The monoisotopic (exact) mass is 533 g/mol. The van der Waals surface area contributed by atoms with Crippen molar-refractivity contribution in [2.24, 2.45) is 0 Å². The van der Waals surface area contributed by atoms with Gasteiger partial charge in [-0.15, -0.1) is 0 Å². The third-order valence-electron chi connectivity index (χ3n) is 7.66. The van der Waals surface area contributed by atoms with Crippen LogP contribution in [0.2, 0.25) is 0 Å². The van der Waals surface area contributed by atoms with Crippen molar-refractivity contribution in [2.75, 3.05) is 0 Å². The molecule has 9 rings (SSSR count). The third kappa shape index (κ3) is 3.30. The zero-order valence-electron chi connectivity index (χ0n) is 34.3. The Kier molecular flexibility index (Phi) is 2.77. The fraction of sp³-hybridized carbons (Fsp3) is 0. The van der Waals surface area contributed by atoms with E-state index in [0.29, 0.717) is 16.3 Å². The largest absolute Gasteiger partial charge is 0.456 e. The smallest absolute Gasteiger partial charge is 0.136 e. The number of rotatable bonds is 2. The summed E-state index contributed by atoms with van der Waals surface area (Å²) < 4.78 is 121. The molecule has 190 valence electrons. The standard InChI is InChI=1S/C40H24O/c1-2-10-25(11-3-1)32-20-21-36-39(35-22-27-13-4-5-14-28(27)24-37(35)41-36)40(32)38-31-17-9-7-15-29(31)23-34-30-16-8-6-12-26(30)18-19-33(34)38/h1-24H/i1D,2D,3D,4D,5D,10D,11D,13D,14D,20D,21D,22D,24D. The molecule has 1 heteroatoms. The molecule has 9 aromatic rings. The highest BCUT2D eigenvalue weighted by Gasteiger charge is 2.22. The molecule has 41 heavy (non-hydrogen) atoms. The van der Waals surface area contributed by atoms with Crippen LogP contribution < -0.4 is 0 Å². The molecule has 8 aromatic carbocycles. The van der Waals surface area contributed by atoms with Crippen molar-refractivity contribution in [3.05, 3.63) is 145 Å². The first-order valence-corrected chi connectivity index (χ1v) is 13.1. The van der Waals surface area contributed by atoms with Gasteiger partial charge in [0, 0.05) is 16.3 Å². The first-order valence-electron chi connectivity index (χ1n) is 19.6. The van der Waals surface area contributed by atoms with Crippen molar-refractivity contribution in [1.29, 1.82) is 0 Å². The van der Waals surface area contributed by atoms with Crippen molar-refractivity contribution >= 4 is 65.0 Å². The quantitative estimate of drug-likeness (QED) is 0.159. The second-order valence-corrected chi connectivity index (χ2v) is 9.86. The van der Waals surface area contributed by atoms with E-state index in [2.05, 4.69) is 0 Å². The molecule has 0 unspecified atom stereocenters. The zero-order chi connectivity index (χ0) is 38.2. The van der Waals surface area contributed by atoms with E-state index < -0.39 is 78.6 Å². The summed E-state index contributed by atoms with van der Waals surface area (Å²) in [6.07, 6.45) is 0. The molecule has 0 bridgehead atoms. The topological polar surface area (TPSA) is 13.1 Å². The lowest BCUT2D eigenvalue weighted by Crippen LogP contribution is -1.91. The van der Waals surface area contributed by atoms with Gasteiger partial charge in [0.15, 0.2) is 0 Å². The van der Waals surface area contributed by atoms with Crippen LogP contribution in [0.25, 0.3) is 87.3 Å². The van der Waals surface area contributed by atoms with E-state index in [-0.39, 0.29) is 49.4 Å². The van der Waals surface area contributed by atoms with Crippen LogP contribution in [0.3, 0.4) is 0 Å². The molecule has 0 radical (unpaired) electrons. The summed E-state index contributed by atoms with van der Waals surface area (Å²) in [5.41, 5.74) is -0.427. The number of furan rings is 1. The first-order chi connectivity index (χ1) is 25.8. The van der Waals surface area contributed by atoms with Gasteiger partial charge in [-0.05, 0) is 84.0 Å². The SMILES string of the molecule is [2H]c1c([2H])c([2H])c(-c2c([2H])c([2H])c3oc4c([2H])c5c([2H])c([2H])c([2H])c([2H])c5c([2H])c4c3c2-c2c3ccccc3cc3c2ccc2ccccc23)c([2H])c1[2H]. The van der Waals surface area contributed by atoms with Gasteiger partial charge in [-0.3, -0.25) is 0 Å². The fourth-order valence-electron chi connectivity index (χ4n) is 5.91. The van der Waals surface area contributed by atoms with Gasteiger partial charge in [0.1, 0.15) is 11.2 Å². The number of benzene rings is 8. The molecule has 0 aliphatic rings. The normalized spacial score (nSPS) is 16.3. The summed E-state index contributed by atoms with van der Waals surface area (Å²) in [6, 6.07) is 13.7. The predicted molar refractivity (Wildman–Crippen MR) is 175 cm³/mol. The van der Waals surface area contributed by atoms with Crippen molar-refractivity contribution in [3.63, 3.8) is 0 Å². The van der Waals surface area contributed by atoms with Crippen molar-refractivity contribution in [2.45, 2.75) is 0 Å². The maximum absolute atomic E-state index is 9.55. The highest BCUT2D eigenvalue weighted by molar-refractivity contribution is 6.27. The molecule has 0 saturated heterocycles. The molecule has 1 heterocycles. The number of hydrogen-bond acceptors (Lipinski definition) is 1. The van der Waals surface area contributed by atoms with E-state index in [4.69, 9.17) is 16.8 Å². The lowest BCUT2D eigenvalue weighted by atomic mass is 9.84. The predicted octanol–water partition coefficient (Wildman–Crippen LogP) is 11.5. The van der Waals surface area contributed by atoms with E-state index in [1.165, 1.54) is 0 Å². The van der Waals surface area contributed by atoms with Gasteiger partial charge < -0.3 is 4.42 Å². The second kappa shape index (κ2) is 8.55. The van der Waals surface area contributed by atoms with Crippen LogP contribution in [-0.2, 0) is 0 Å². The Balaban J connectivity index is 1.66. The number of hydrogen-bond donors (Lipinski definition) is 0. The lowest BCUT2D eigenvalue weighted by molar-refractivity contribution is 0.669. The molecule has 0 amide bonds. The van der Waals surface area contributed by atoms with E-state index in [9.17, 15) is 5.48 Å². The molecule has 0 spiro atoms. The average Bonchev–Trinajstić information content (AvgIpc) is 3.58. The second-order valence-electron chi connectivity index (χ2n) is 9.86. The Morgan fingerprint density at radius 3 is 2.05 bits per heavy atom. The summed E-state index contributed by atoms with van der Waals surface area (Å²) in [7, 11) is 0. The van der Waals surface area contributed by atoms with Gasteiger partial charge in [-0.25, -0.2) is 0 Å². The maximum atomic E-state index is 9.55. The summed E-state index contributed by atoms with van der Waals surface area (Å²) in [6.45, 7) is 0. The van der Waals surface area contributed by atoms with Crippen LogP contribution in [0.15, 0.2) is 150 Å². The van der Waals surface area contributed by atoms with Crippen molar-refractivity contribution in [3.8, 4) is 22.3 Å². The van der Waals surface area contributed by atoms with Crippen LogP contribution in [0.5, 0.6) is 0 Å². The summed E-state index contributed by atoms with van der Waals surface area (Å²) in [5.74, 6) is 0. The molecule has 0 saturated carbocycles. The van der Waals surface area contributed by atoms with E-state index in [0.717, 1.165) is 21.5 Å². The Morgan fingerprint density at radius 2 is 1.20 bits per heavy atom. The van der Waals surface area contributed by atoms with Gasteiger partial charge in [0.2, 0.25) is 0 Å². The molecular formula is C40H24O. The Hall–Kier alpha value is -5.40. The molecule has 0 aliphatic carbocycles. The Bertz CT molecular complexity index is 3170. The van der Waals surface area contributed by atoms with E-state index >= 15 is 0 Å². The Morgan fingerprint density at radius 1 is 0.463 bits per heavy atom. The van der Waals surface area contributed by atoms with Crippen LogP contribution >= 0.6 is 0 Å². The first kappa shape index (κ1) is 13.3. The van der Waals surface area contributed by atoms with Crippen LogP contribution in [0.4, 0.5) is 0 Å². The van der Waals surface area contributed by atoms with Crippen LogP contribution in [0, 0.1) is 0 Å². The highest BCUT2D eigenvalue weighted by Crippen LogP contribution is 2.48. The van der Waals surface area contributed by atoms with Gasteiger partial charge in [0.25, 0.3) is 0 Å². The molecule has 0 N–H and O–H groups in total.